The number of hydrogen-bond acceptors (Lipinski definition) is 0. The van der Waals surface area contributed by atoms with E-state index < -0.39 is 8.07 Å². The number of benzene rings is 1. The average Bonchev–Trinajstić information content (AvgIpc) is 2.99. The zero-order valence-corrected chi connectivity index (χ0v) is 12.4. The highest BCUT2D eigenvalue weighted by Crippen LogP contribution is 2.48. The van der Waals surface area contributed by atoms with Crippen molar-refractivity contribution < 1.29 is 0 Å². The standard InChI is InChI=1S/C17H22Si/c1-14-10-11-15(2)17(14)18(12-6-7-13-18)16-8-4-3-5-9-16/h3-5,8-11,17H,6-7,12-13H2,1-2H3. The fourth-order valence-corrected chi connectivity index (χ4v) is 10.5. The van der Waals surface area contributed by atoms with Gasteiger partial charge < -0.3 is 0 Å². The molecule has 18 heavy (non-hydrogen) atoms. The Morgan fingerprint density at radius 3 is 2.00 bits per heavy atom. The van der Waals surface area contributed by atoms with Gasteiger partial charge in [-0.25, -0.2) is 0 Å². The summed E-state index contributed by atoms with van der Waals surface area (Å²) < 4.78 is 0. The Hall–Kier alpha value is -1.08. The molecule has 1 aromatic carbocycles. The quantitative estimate of drug-likeness (QED) is 0.686. The van der Waals surface area contributed by atoms with E-state index in [0.29, 0.717) is 0 Å². The van der Waals surface area contributed by atoms with Crippen LogP contribution in [0.3, 0.4) is 0 Å². The van der Waals surface area contributed by atoms with Crippen molar-refractivity contribution in [1.29, 1.82) is 0 Å². The Bertz CT molecular complexity index is 472. The summed E-state index contributed by atoms with van der Waals surface area (Å²) in [4.78, 5) is 0. The zero-order chi connectivity index (χ0) is 12.6. The van der Waals surface area contributed by atoms with E-state index in [-0.39, 0.29) is 0 Å². The molecule has 2 aliphatic rings. The van der Waals surface area contributed by atoms with Crippen molar-refractivity contribution in [1.82, 2.24) is 0 Å². The molecule has 0 spiro atoms. The first-order valence-corrected chi connectivity index (χ1v) is 9.64. The van der Waals surface area contributed by atoms with Crippen LogP contribution in [-0.4, -0.2) is 8.07 Å². The van der Waals surface area contributed by atoms with Crippen LogP contribution >= 0.6 is 0 Å². The van der Waals surface area contributed by atoms with Crippen LogP contribution in [0.5, 0.6) is 0 Å². The summed E-state index contributed by atoms with van der Waals surface area (Å²) in [5.74, 6) is 0. The number of hydrogen-bond donors (Lipinski definition) is 0. The van der Waals surface area contributed by atoms with E-state index in [1.807, 2.05) is 0 Å². The van der Waals surface area contributed by atoms with Gasteiger partial charge in [0.1, 0.15) is 0 Å². The van der Waals surface area contributed by atoms with Crippen molar-refractivity contribution in [3.8, 4) is 0 Å². The minimum Gasteiger partial charge on any atom is -0.0685 e. The van der Waals surface area contributed by atoms with Crippen molar-refractivity contribution in [2.75, 3.05) is 0 Å². The van der Waals surface area contributed by atoms with Crippen LogP contribution in [0.4, 0.5) is 0 Å². The van der Waals surface area contributed by atoms with Gasteiger partial charge in [-0.1, -0.05) is 83.7 Å². The molecule has 1 fully saturated rings. The highest BCUT2D eigenvalue weighted by atomic mass is 28.3. The van der Waals surface area contributed by atoms with Gasteiger partial charge in [-0.3, -0.25) is 0 Å². The lowest BCUT2D eigenvalue weighted by Gasteiger charge is -2.36. The lowest BCUT2D eigenvalue weighted by atomic mass is 10.2. The average molecular weight is 254 g/mol. The van der Waals surface area contributed by atoms with E-state index in [2.05, 4.69) is 56.3 Å². The molecule has 94 valence electrons. The molecule has 1 aromatic rings. The predicted molar refractivity (Wildman–Crippen MR) is 81.9 cm³/mol. The molecule has 1 heteroatoms. The number of rotatable bonds is 2. The fourth-order valence-electron chi connectivity index (χ4n) is 4.21. The lowest BCUT2D eigenvalue weighted by Crippen LogP contribution is -2.49. The lowest BCUT2D eigenvalue weighted by molar-refractivity contribution is 0.935. The first-order valence-electron chi connectivity index (χ1n) is 7.14. The molecule has 1 heterocycles. The maximum atomic E-state index is 2.40. The van der Waals surface area contributed by atoms with E-state index in [0.717, 1.165) is 5.54 Å². The van der Waals surface area contributed by atoms with Gasteiger partial charge in [0.25, 0.3) is 0 Å². The highest BCUT2D eigenvalue weighted by Gasteiger charge is 2.46. The van der Waals surface area contributed by atoms with Crippen LogP contribution in [-0.2, 0) is 0 Å². The summed E-state index contributed by atoms with van der Waals surface area (Å²) in [6.07, 6.45) is 7.60. The largest absolute Gasteiger partial charge is 0.0978 e. The third-order valence-electron chi connectivity index (χ3n) is 4.92. The number of allylic oxidation sites excluding steroid dienone is 4. The SMILES string of the molecule is CC1=CC=C(C)C1[Si]1(c2ccccc2)CCCC1. The van der Waals surface area contributed by atoms with Crippen LogP contribution in [0, 0.1) is 0 Å². The molecule has 1 saturated heterocycles. The molecule has 3 rings (SSSR count). The van der Waals surface area contributed by atoms with Gasteiger partial charge in [-0.15, -0.1) is 0 Å². The van der Waals surface area contributed by atoms with Gasteiger partial charge >= 0.3 is 0 Å². The predicted octanol–water partition coefficient (Wildman–Crippen LogP) is 4.41. The molecule has 0 atom stereocenters. The minimum absolute atomic E-state index is 0.780. The maximum Gasteiger partial charge on any atom is 0.0978 e. The second-order valence-electron chi connectivity index (χ2n) is 5.98. The molecule has 0 nitrogen and oxygen atoms in total. The molecule has 0 bridgehead atoms. The normalized spacial score (nSPS) is 23.0. The van der Waals surface area contributed by atoms with Gasteiger partial charge in [0.15, 0.2) is 0 Å². The van der Waals surface area contributed by atoms with Gasteiger partial charge in [0.05, 0.1) is 8.07 Å². The van der Waals surface area contributed by atoms with Crippen molar-refractivity contribution >= 4 is 13.3 Å². The van der Waals surface area contributed by atoms with E-state index >= 15 is 0 Å². The molecule has 0 saturated carbocycles. The smallest absolute Gasteiger partial charge is 0.0685 e. The Balaban J connectivity index is 2.08. The van der Waals surface area contributed by atoms with Crippen molar-refractivity contribution in [2.45, 2.75) is 44.3 Å². The molecular weight excluding hydrogens is 232 g/mol. The van der Waals surface area contributed by atoms with Gasteiger partial charge in [-0.2, -0.15) is 0 Å². The Morgan fingerprint density at radius 1 is 0.889 bits per heavy atom. The molecule has 1 aliphatic heterocycles. The van der Waals surface area contributed by atoms with Crippen molar-refractivity contribution in [2.24, 2.45) is 0 Å². The summed E-state index contributed by atoms with van der Waals surface area (Å²) in [5.41, 5.74) is 4.01. The monoisotopic (exact) mass is 254 g/mol. The first-order chi connectivity index (χ1) is 8.74. The summed E-state index contributed by atoms with van der Waals surface area (Å²) >= 11 is 0. The highest BCUT2D eigenvalue weighted by molar-refractivity contribution is 6.94. The summed E-state index contributed by atoms with van der Waals surface area (Å²) in [6, 6.07) is 14.4. The van der Waals surface area contributed by atoms with Crippen LogP contribution in [0.2, 0.25) is 17.6 Å². The van der Waals surface area contributed by atoms with Crippen LogP contribution in [0.1, 0.15) is 26.7 Å². The summed E-state index contributed by atoms with van der Waals surface area (Å²) in [6.45, 7) is 4.68. The molecule has 1 aliphatic carbocycles. The second-order valence-corrected chi connectivity index (χ2v) is 10.5. The van der Waals surface area contributed by atoms with Crippen LogP contribution in [0.25, 0.3) is 0 Å². The molecule has 0 amide bonds. The van der Waals surface area contributed by atoms with E-state index in [9.17, 15) is 0 Å². The summed E-state index contributed by atoms with van der Waals surface area (Å²) in [5, 5.41) is 1.69. The van der Waals surface area contributed by atoms with E-state index in [1.165, 1.54) is 24.9 Å². The molecule has 0 unspecified atom stereocenters. The topological polar surface area (TPSA) is 0 Å². The molecular formula is C17H22Si. The Morgan fingerprint density at radius 2 is 1.44 bits per heavy atom. The van der Waals surface area contributed by atoms with Crippen LogP contribution < -0.4 is 5.19 Å². The Labute approximate surface area is 111 Å². The van der Waals surface area contributed by atoms with E-state index in [4.69, 9.17) is 0 Å². The summed E-state index contributed by atoms with van der Waals surface area (Å²) in [7, 11) is -1.34. The fraction of sp³-hybridized carbons (Fsp3) is 0.412. The maximum absolute atomic E-state index is 2.40. The van der Waals surface area contributed by atoms with E-state index in [1.54, 1.807) is 16.3 Å². The zero-order valence-electron chi connectivity index (χ0n) is 11.4. The first kappa shape index (κ1) is 12.0. The van der Waals surface area contributed by atoms with Gasteiger partial charge in [0.2, 0.25) is 0 Å². The molecule has 0 radical (unpaired) electrons. The minimum atomic E-state index is -1.34. The van der Waals surface area contributed by atoms with Gasteiger partial charge in [-0.05, 0) is 13.8 Å². The van der Waals surface area contributed by atoms with Crippen molar-refractivity contribution in [3.63, 3.8) is 0 Å². The second kappa shape index (κ2) is 4.54. The molecule has 0 aromatic heterocycles. The van der Waals surface area contributed by atoms with Crippen LogP contribution in [0.15, 0.2) is 53.6 Å². The third kappa shape index (κ3) is 1.73. The van der Waals surface area contributed by atoms with Crippen molar-refractivity contribution in [3.05, 3.63) is 53.6 Å². The molecule has 0 N–H and O–H groups in total. The van der Waals surface area contributed by atoms with Gasteiger partial charge in [0, 0.05) is 5.54 Å². The Kier molecular flexibility index (Phi) is 3.02. The third-order valence-corrected chi connectivity index (χ3v) is 10.9.